The molecule has 0 aliphatic heterocycles. The van der Waals surface area contributed by atoms with Crippen molar-refractivity contribution >= 4 is 44.2 Å². The van der Waals surface area contributed by atoms with E-state index in [9.17, 15) is 9.59 Å². The van der Waals surface area contributed by atoms with Crippen LogP contribution < -0.4 is 17.0 Å². The second-order valence-electron chi connectivity index (χ2n) is 5.53. The summed E-state index contributed by atoms with van der Waals surface area (Å²) in [6.07, 6.45) is 1.67. The van der Waals surface area contributed by atoms with Crippen LogP contribution in [0.1, 0.15) is 5.69 Å². The number of nitrogens with zero attached hydrogens (tertiary/aromatic N) is 4. The van der Waals surface area contributed by atoms with Gasteiger partial charge in [0.1, 0.15) is 5.65 Å². The Morgan fingerprint density at radius 3 is 2.81 bits per heavy atom. The number of nitrogens with two attached hydrogens (primary N) is 1. The van der Waals surface area contributed by atoms with Gasteiger partial charge in [-0.15, -0.1) is 0 Å². The summed E-state index contributed by atoms with van der Waals surface area (Å²) >= 11 is 4.59. The van der Waals surface area contributed by atoms with Gasteiger partial charge in [0.25, 0.3) is 11.1 Å². The van der Waals surface area contributed by atoms with Crippen molar-refractivity contribution in [3.63, 3.8) is 0 Å². The fraction of sp³-hybridized carbons (Fsp3) is 0.0588. The molecule has 26 heavy (non-hydrogen) atoms. The Morgan fingerprint density at radius 2 is 1.96 bits per heavy atom. The van der Waals surface area contributed by atoms with Crippen molar-refractivity contribution in [2.45, 2.75) is 10.9 Å². The maximum atomic E-state index is 12.4. The molecule has 4 aromatic rings. The maximum absolute atomic E-state index is 12.4. The first-order valence-electron chi connectivity index (χ1n) is 7.60. The minimum atomic E-state index is -0.328. The van der Waals surface area contributed by atoms with Crippen LogP contribution in [0.25, 0.3) is 16.6 Å². The lowest BCUT2D eigenvalue weighted by molar-refractivity contribution is 0.779. The van der Waals surface area contributed by atoms with Crippen LogP contribution in [0.3, 0.4) is 0 Å². The second-order valence-corrected chi connectivity index (χ2v) is 7.39. The summed E-state index contributed by atoms with van der Waals surface area (Å²) in [5.41, 5.74) is 1.24. The molecule has 130 valence electrons. The third-order valence-electron chi connectivity index (χ3n) is 3.80. The number of halogens is 1. The number of nitrogen functional groups attached to an aromatic ring is 1. The zero-order valence-corrected chi connectivity index (χ0v) is 15.7. The van der Waals surface area contributed by atoms with E-state index in [1.165, 1.54) is 22.2 Å². The monoisotopic (exact) mass is 429 g/mol. The highest BCUT2D eigenvalue weighted by Gasteiger charge is 2.11. The average molecular weight is 430 g/mol. The summed E-state index contributed by atoms with van der Waals surface area (Å²) in [4.78, 5) is 33.5. The smallest absolute Gasteiger partial charge is 0.280 e. The van der Waals surface area contributed by atoms with E-state index in [4.69, 9.17) is 5.84 Å². The van der Waals surface area contributed by atoms with Crippen LogP contribution >= 0.6 is 27.7 Å². The lowest BCUT2D eigenvalue weighted by Crippen LogP contribution is -2.29. The predicted molar refractivity (Wildman–Crippen MR) is 105 cm³/mol. The molecule has 0 bridgehead atoms. The largest absolute Gasteiger partial charge is 0.334 e. The van der Waals surface area contributed by atoms with E-state index in [1.54, 1.807) is 30.5 Å². The first-order chi connectivity index (χ1) is 12.5. The summed E-state index contributed by atoms with van der Waals surface area (Å²) in [5.74, 6) is 6.27. The number of rotatable bonds is 3. The van der Waals surface area contributed by atoms with Crippen molar-refractivity contribution in [1.29, 1.82) is 0 Å². The van der Waals surface area contributed by atoms with Crippen molar-refractivity contribution in [2.75, 3.05) is 5.84 Å². The summed E-state index contributed by atoms with van der Waals surface area (Å²) in [6, 6.07) is 12.1. The van der Waals surface area contributed by atoms with Gasteiger partial charge in [0.15, 0.2) is 5.16 Å². The van der Waals surface area contributed by atoms with E-state index in [-0.39, 0.29) is 11.1 Å². The fourth-order valence-corrected chi connectivity index (χ4v) is 3.74. The molecule has 0 aliphatic rings. The van der Waals surface area contributed by atoms with E-state index < -0.39 is 0 Å². The molecule has 0 atom stereocenters. The molecule has 0 saturated heterocycles. The van der Waals surface area contributed by atoms with Gasteiger partial charge in [0.2, 0.25) is 0 Å². The van der Waals surface area contributed by atoms with Crippen LogP contribution in [-0.4, -0.2) is 19.0 Å². The molecular weight excluding hydrogens is 418 g/mol. The molecule has 0 aliphatic carbocycles. The Bertz CT molecular complexity index is 1270. The van der Waals surface area contributed by atoms with Crippen LogP contribution in [0.5, 0.6) is 0 Å². The minimum absolute atomic E-state index is 0.160. The Kier molecular flexibility index (Phi) is 4.25. The van der Waals surface area contributed by atoms with Crippen molar-refractivity contribution in [3.8, 4) is 0 Å². The molecule has 0 spiro atoms. The van der Waals surface area contributed by atoms with Crippen molar-refractivity contribution < 1.29 is 0 Å². The highest BCUT2D eigenvalue weighted by atomic mass is 79.9. The lowest BCUT2D eigenvalue weighted by Gasteiger charge is -2.09. The summed E-state index contributed by atoms with van der Waals surface area (Å²) < 4.78 is 3.28. The van der Waals surface area contributed by atoms with E-state index in [0.29, 0.717) is 33.2 Å². The number of hydrogen-bond donors (Lipinski definition) is 1. The van der Waals surface area contributed by atoms with Gasteiger partial charge in [-0.1, -0.05) is 33.8 Å². The average Bonchev–Trinajstić information content (AvgIpc) is 2.64. The number of pyridine rings is 1. The lowest BCUT2D eigenvalue weighted by atomic mass is 10.2. The molecule has 0 fully saturated rings. The second kappa shape index (κ2) is 6.58. The summed E-state index contributed by atoms with van der Waals surface area (Å²) in [5, 5.41) is 0.799. The number of hydrogen-bond acceptors (Lipinski definition) is 6. The highest BCUT2D eigenvalue weighted by molar-refractivity contribution is 9.10. The fourth-order valence-electron chi connectivity index (χ4n) is 2.57. The van der Waals surface area contributed by atoms with Crippen molar-refractivity contribution in [3.05, 3.63) is 79.5 Å². The summed E-state index contributed by atoms with van der Waals surface area (Å²) in [6.45, 7) is 0. The molecule has 3 heterocycles. The number of aromatic nitrogens is 4. The summed E-state index contributed by atoms with van der Waals surface area (Å²) in [7, 11) is 0. The molecule has 0 radical (unpaired) electrons. The topological polar surface area (TPSA) is 95.3 Å². The van der Waals surface area contributed by atoms with E-state index in [1.807, 2.05) is 12.1 Å². The van der Waals surface area contributed by atoms with Gasteiger partial charge in [-0.05, 0) is 30.3 Å². The van der Waals surface area contributed by atoms with Gasteiger partial charge in [-0.25, -0.2) is 14.6 Å². The number of fused-ring (bicyclic) bond motifs is 2. The van der Waals surface area contributed by atoms with Crippen molar-refractivity contribution in [1.82, 2.24) is 19.0 Å². The van der Waals surface area contributed by atoms with E-state index in [2.05, 4.69) is 25.9 Å². The SMILES string of the molecule is Nn1c(SCc2cc(=O)n3ccccc3n2)nc2ccc(Br)cc2c1=O. The molecule has 1 aromatic carbocycles. The zero-order valence-electron chi connectivity index (χ0n) is 13.3. The van der Waals surface area contributed by atoms with E-state index in [0.717, 1.165) is 9.15 Å². The van der Waals surface area contributed by atoms with Crippen LogP contribution in [0.2, 0.25) is 0 Å². The Hall–Kier alpha value is -2.65. The molecule has 7 nitrogen and oxygen atoms in total. The first-order valence-corrected chi connectivity index (χ1v) is 9.38. The normalized spacial score (nSPS) is 11.3. The quantitative estimate of drug-likeness (QED) is 0.304. The number of benzene rings is 1. The third kappa shape index (κ3) is 2.99. The standard InChI is InChI=1S/C17H12BrN5O2S/c18-10-4-5-13-12(7-10)16(25)23(19)17(21-13)26-9-11-8-15(24)22-6-2-1-3-14(22)20-11/h1-8H,9,19H2. The van der Waals surface area contributed by atoms with Crippen LogP contribution in [0.15, 0.2) is 67.9 Å². The molecule has 0 unspecified atom stereocenters. The first kappa shape index (κ1) is 16.8. The molecule has 4 rings (SSSR count). The van der Waals surface area contributed by atoms with E-state index >= 15 is 0 Å². The molecule has 0 saturated carbocycles. The Labute approximate surface area is 159 Å². The number of thioether (sulfide) groups is 1. The van der Waals surface area contributed by atoms with Gasteiger partial charge in [0.05, 0.1) is 16.6 Å². The molecule has 9 heteroatoms. The van der Waals surface area contributed by atoms with Gasteiger partial charge >= 0.3 is 0 Å². The van der Waals surface area contributed by atoms with Gasteiger partial charge in [-0.3, -0.25) is 14.0 Å². The van der Waals surface area contributed by atoms with Gasteiger partial charge < -0.3 is 5.84 Å². The van der Waals surface area contributed by atoms with Gasteiger partial charge in [-0.2, -0.15) is 0 Å². The van der Waals surface area contributed by atoms with Crippen LogP contribution in [0.4, 0.5) is 0 Å². The minimum Gasteiger partial charge on any atom is -0.334 e. The van der Waals surface area contributed by atoms with Crippen molar-refractivity contribution in [2.24, 2.45) is 0 Å². The predicted octanol–water partition coefficient (Wildman–Crippen LogP) is 2.17. The molecule has 0 amide bonds. The highest BCUT2D eigenvalue weighted by Crippen LogP contribution is 2.21. The maximum Gasteiger partial charge on any atom is 0.280 e. The van der Waals surface area contributed by atoms with Crippen LogP contribution in [-0.2, 0) is 5.75 Å². The molecular formula is C17H12BrN5O2S. The third-order valence-corrected chi connectivity index (χ3v) is 5.28. The van der Waals surface area contributed by atoms with Gasteiger partial charge in [0, 0.05) is 22.5 Å². The molecule has 3 aromatic heterocycles. The molecule has 2 N–H and O–H groups in total. The Morgan fingerprint density at radius 1 is 1.12 bits per heavy atom. The Balaban J connectivity index is 1.70. The zero-order chi connectivity index (χ0) is 18.3. The van der Waals surface area contributed by atoms with Crippen LogP contribution in [0, 0.1) is 0 Å².